The van der Waals surface area contributed by atoms with Crippen LogP contribution in [0.15, 0.2) is 27.2 Å². The normalized spacial score (nSPS) is 17.2. The van der Waals surface area contributed by atoms with Crippen molar-refractivity contribution in [3.8, 4) is 0 Å². The van der Waals surface area contributed by atoms with Crippen molar-refractivity contribution in [2.45, 2.75) is 25.4 Å². The van der Waals surface area contributed by atoms with Crippen LogP contribution >= 0.6 is 15.9 Å². The maximum absolute atomic E-state index is 5.22. The lowest BCUT2D eigenvalue weighted by molar-refractivity contribution is 0.357. The highest BCUT2D eigenvalue weighted by molar-refractivity contribution is 9.10. The molecule has 5 nitrogen and oxygen atoms in total. The zero-order chi connectivity index (χ0) is 14.1. The Bertz CT molecular complexity index is 611. The van der Waals surface area contributed by atoms with Gasteiger partial charge in [-0.2, -0.15) is 4.98 Å². The highest BCUT2D eigenvalue weighted by Gasteiger charge is 2.24. The van der Waals surface area contributed by atoms with E-state index in [9.17, 15) is 0 Å². The fraction of sp³-hybridized carbons (Fsp3) is 0.429. The molecule has 6 heteroatoms. The molecule has 0 saturated carbocycles. The molecule has 2 aromatic rings. The van der Waals surface area contributed by atoms with Gasteiger partial charge in [0.2, 0.25) is 5.89 Å². The molecule has 20 heavy (non-hydrogen) atoms. The smallest absolute Gasteiger partial charge is 0.265 e. The molecule has 0 bridgehead atoms. The number of fused-ring (bicyclic) bond motifs is 1. The fourth-order valence-corrected chi connectivity index (χ4v) is 3.11. The Morgan fingerprint density at radius 2 is 2.30 bits per heavy atom. The first kappa shape index (κ1) is 13.6. The Kier molecular flexibility index (Phi) is 3.76. The van der Waals surface area contributed by atoms with E-state index in [4.69, 9.17) is 4.52 Å². The van der Waals surface area contributed by atoms with E-state index in [0.29, 0.717) is 24.4 Å². The number of halogens is 1. The van der Waals surface area contributed by atoms with Gasteiger partial charge in [-0.05, 0) is 35.2 Å². The largest absolute Gasteiger partial charge is 0.344 e. The molecule has 1 unspecified atom stereocenters. The van der Waals surface area contributed by atoms with Crippen LogP contribution in [0, 0.1) is 0 Å². The van der Waals surface area contributed by atoms with Crippen LogP contribution in [0.25, 0.3) is 0 Å². The average molecular weight is 337 g/mol. The summed E-state index contributed by atoms with van der Waals surface area (Å²) in [7, 11) is 3.79. The zero-order valence-electron chi connectivity index (χ0n) is 11.6. The first-order valence-electron chi connectivity index (χ1n) is 6.65. The number of benzene rings is 1. The molecule has 0 aliphatic heterocycles. The third-order valence-electron chi connectivity index (χ3n) is 3.57. The summed E-state index contributed by atoms with van der Waals surface area (Å²) in [5.41, 5.74) is 2.77. The summed E-state index contributed by atoms with van der Waals surface area (Å²) in [4.78, 5) is 6.15. The Balaban J connectivity index is 1.67. The summed E-state index contributed by atoms with van der Waals surface area (Å²) >= 11 is 3.62. The van der Waals surface area contributed by atoms with E-state index in [2.05, 4.69) is 49.6 Å². The monoisotopic (exact) mass is 336 g/mol. The summed E-state index contributed by atoms with van der Waals surface area (Å²) < 4.78 is 6.42. The molecular weight excluding hydrogens is 320 g/mol. The Labute approximate surface area is 126 Å². The first-order valence-corrected chi connectivity index (χ1v) is 7.45. The van der Waals surface area contributed by atoms with Crippen molar-refractivity contribution in [3.05, 3.63) is 39.7 Å². The zero-order valence-corrected chi connectivity index (χ0v) is 13.1. The average Bonchev–Trinajstić information content (AvgIpc) is 3.03. The van der Waals surface area contributed by atoms with Gasteiger partial charge in [-0.15, -0.1) is 0 Å². The lowest BCUT2D eigenvalue weighted by atomic mass is 10.1. The molecule has 1 aromatic heterocycles. The number of nitrogens with zero attached hydrogens (tertiary/aromatic N) is 3. The van der Waals surface area contributed by atoms with E-state index >= 15 is 0 Å². The van der Waals surface area contributed by atoms with Crippen LogP contribution in [0.1, 0.15) is 29.5 Å². The maximum Gasteiger partial charge on any atom is 0.265 e. The molecule has 1 aliphatic carbocycles. The van der Waals surface area contributed by atoms with Gasteiger partial charge in [0.15, 0.2) is 0 Å². The van der Waals surface area contributed by atoms with Gasteiger partial charge in [-0.1, -0.05) is 28.1 Å². The minimum absolute atomic E-state index is 0.359. The van der Waals surface area contributed by atoms with E-state index in [0.717, 1.165) is 12.8 Å². The molecule has 0 radical (unpaired) electrons. The van der Waals surface area contributed by atoms with Crippen LogP contribution in [0.3, 0.4) is 0 Å². The summed E-state index contributed by atoms with van der Waals surface area (Å²) in [6.07, 6.45) is 2.20. The molecule has 0 saturated heterocycles. The van der Waals surface area contributed by atoms with E-state index in [1.807, 2.05) is 19.0 Å². The van der Waals surface area contributed by atoms with E-state index in [-0.39, 0.29) is 0 Å². The predicted octanol–water partition coefficient (Wildman–Crippen LogP) is 2.68. The standard InChI is InChI=1S/C14H17BrN4O/c1-19(2)14-17-13(20-18-14)8-16-12-7-6-9-10(12)4-3-5-11(9)15/h3-5,12,16H,6-8H2,1-2H3. The van der Waals surface area contributed by atoms with E-state index in [1.54, 1.807) is 0 Å². The quantitative estimate of drug-likeness (QED) is 0.930. The van der Waals surface area contributed by atoms with Crippen LogP contribution in [-0.4, -0.2) is 24.2 Å². The molecule has 0 amide bonds. The van der Waals surface area contributed by atoms with Gasteiger partial charge in [0.1, 0.15) is 0 Å². The number of nitrogens with one attached hydrogen (secondary N) is 1. The Morgan fingerprint density at radius 3 is 3.05 bits per heavy atom. The molecule has 1 atom stereocenters. The van der Waals surface area contributed by atoms with Gasteiger partial charge in [0.05, 0.1) is 6.54 Å². The van der Waals surface area contributed by atoms with Crippen LogP contribution in [0.4, 0.5) is 5.95 Å². The van der Waals surface area contributed by atoms with E-state index in [1.165, 1.54) is 15.6 Å². The molecule has 106 valence electrons. The number of hydrogen-bond donors (Lipinski definition) is 1. The van der Waals surface area contributed by atoms with Gasteiger partial charge in [0, 0.05) is 24.6 Å². The van der Waals surface area contributed by atoms with Crippen LogP contribution in [-0.2, 0) is 13.0 Å². The third-order valence-corrected chi connectivity index (χ3v) is 4.31. The summed E-state index contributed by atoms with van der Waals surface area (Å²) in [6.45, 7) is 0.595. The maximum atomic E-state index is 5.22. The van der Waals surface area contributed by atoms with Gasteiger partial charge in [-0.25, -0.2) is 0 Å². The lowest BCUT2D eigenvalue weighted by Gasteiger charge is -2.12. The second-order valence-electron chi connectivity index (χ2n) is 5.16. The van der Waals surface area contributed by atoms with Gasteiger partial charge >= 0.3 is 0 Å². The van der Waals surface area contributed by atoms with Gasteiger partial charge < -0.3 is 14.7 Å². The number of hydrogen-bond acceptors (Lipinski definition) is 5. The Morgan fingerprint density at radius 1 is 1.45 bits per heavy atom. The van der Waals surface area contributed by atoms with Crippen LogP contribution in [0.5, 0.6) is 0 Å². The molecule has 1 aliphatic rings. The summed E-state index contributed by atoms with van der Waals surface area (Å²) in [6, 6.07) is 6.73. The van der Waals surface area contributed by atoms with Crippen LogP contribution < -0.4 is 10.2 Å². The fourth-order valence-electron chi connectivity index (χ4n) is 2.53. The highest BCUT2D eigenvalue weighted by Crippen LogP contribution is 2.35. The number of aromatic nitrogens is 2. The second-order valence-corrected chi connectivity index (χ2v) is 6.02. The second kappa shape index (κ2) is 5.54. The van der Waals surface area contributed by atoms with Gasteiger partial charge in [-0.3, -0.25) is 0 Å². The highest BCUT2D eigenvalue weighted by atomic mass is 79.9. The van der Waals surface area contributed by atoms with Crippen molar-refractivity contribution in [2.75, 3.05) is 19.0 Å². The number of rotatable bonds is 4. The minimum atomic E-state index is 0.359. The SMILES string of the molecule is CN(C)c1noc(CNC2CCc3c(Br)cccc32)n1. The molecule has 3 rings (SSSR count). The van der Waals surface area contributed by atoms with Crippen molar-refractivity contribution in [1.82, 2.24) is 15.5 Å². The number of anilines is 1. The minimum Gasteiger partial charge on any atom is -0.344 e. The van der Waals surface area contributed by atoms with Gasteiger partial charge in [0.25, 0.3) is 5.95 Å². The molecular formula is C14H17BrN4O. The summed E-state index contributed by atoms with van der Waals surface area (Å²) in [5, 5.41) is 7.41. The van der Waals surface area contributed by atoms with Crippen molar-refractivity contribution in [1.29, 1.82) is 0 Å². The molecule has 1 heterocycles. The topological polar surface area (TPSA) is 54.2 Å². The van der Waals surface area contributed by atoms with E-state index < -0.39 is 0 Å². The lowest BCUT2D eigenvalue weighted by Crippen LogP contribution is -2.19. The Hall–Kier alpha value is -1.40. The third kappa shape index (κ3) is 2.58. The molecule has 1 N–H and O–H groups in total. The summed E-state index contributed by atoms with van der Waals surface area (Å²) in [5.74, 6) is 1.23. The van der Waals surface area contributed by atoms with Crippen molar-refractivity contribution in [2.24, 2.45) is 0 Å². The van der Waals surface area contributed by atoms with Crippen molar-refractivity contribution >= 4 is 21.9 Å². The molecule has 0 spiro atoms. The molecule has 1 aromatic carbocycles. The van der Waals surface area contributed by atoms with Crippen molar-refractivity contribution in [3.63, 3.8) is 0 Å². The molecule has 0 fully saturated rings. The first-order chi connectivity index (χ1) is 9.65. The predicted molar refractivity (Wildman–Crippen MR) is 80.7 cm³/mol. The van der Waals surface area contributed by atoms with Crippen LogP contribution in [0.2, 0.25) is 0 Å². The van der Waals surface area contributed by atoms with Crippen molar-refractivity contribution < 1.29 is 4.52 Å².